The summed E-state index contributed by atoms with van der Waals surface area (Å²) in [7, 11) is 0. The topological polar surface area (TPSA) is 3.24 Å². The molecule has 0 aliphatic carbocycles. The van der Waals surface area contributed by atoms with Gasteiger partial charge < -0.3 is 4.90 Å². The molecule has 0 aromatic rings. The largest absolute Gasteiger partial charge is 0.301 e. The number of rotatable bonds is 3. The summed E-state index contributed by atoms with van der Waals surface area (Å²) in [4.78, 5) is 2.62. The van der Waals surface area contributed by atoms with Crippen LogP contribution in [0.3, 0.4) is 0 Å². The molecule has 0 aromatic heterocycles. The number of halogens is 1. The van der Waals surface area contributed by atoms with E-state index in [0.717, 1.165) is 11.4 Å². The molecule has 1 nitrogen and oxygen atoms in total. The van der Waals surface area contributed by atoms with Crippen molar-refractivity contribution in [1.82, 2.24) is 4.90 Å². The lowest BCUT2D eigenvalue weighted by molar-refractivity contribution is 0.162. The van der Waals surface area contributed by atoms with Crippen LogP contribution in [-0.4, -0.2) is 29.4 Å². The van der Waals surface area contributed by atoms with Crippen LogP contribution in [0.15, 0.2) is 0 Å². The molecule has 0 radical (unpaired) electrons. The first kappa shape index (κ1) is 9.53. The Bertz CT molecular complexity index is 106. The van der Waals surface area contributed by atoms with Gasteiger partial charge in [-0.3, -0.25) is 0 Å². The van der Waals surface area contributed by atoms with Gasteiger partial charge in [0.05, 0.1) is 0 Å². The zero-order chi connectivity index (χ0) is 8.10. The number of likely N-dealkylation sites (tertiary alicyclic amines) is 1. The molecule has 0 bridgehead atoms. The maximum absolute atomic E-state index is 3.47. The molecule has 0 spiro atoms. The molecule has 0 saturated carbocycles. The molecule has 11 heavy (non-hydrogen) atoms. The normalized spacial score (nSPS) is 27.3. The second-order valence-electron chi connectivity index (χ2n) is 3.42. The summed E-state index contributed by atoms with van der Waals surface area (Å²) >= 11 is 3.47. The SMILES string of the molecule is CC1CCCCN1CCCBr. The number of hydrogen-bond acceptors (Lipinski definition) is 1. The molecule has 1 unspecified atom stereocenters. The van der Waals surface area contributed by atoms with E-state index in [-0.39, 0.29) is 0 Å². The lowest BCUT2D eigenvalue weighted by Crippen LogP contribution is -2.38. The Morgan fingerprint density at radius 1 is 1.45 bits per heavy atom. The number of hydrogen-bond donors (Lipinski definition) is 0. The molecule has 0 amide bonds. The van der Waals surface area contributed by atoms with Crippen LogP contribution in [0.5, 0.6) is 0 Å². The fourth-order valence-corrected chi connectivity index (χ4v) is 2.00. The van der Waals surface area contributed by atoms with E-state index in [1.165, 1.54) is 38.8 Å². The molecular formula is C9H18BrN. The van der Waals surface area contributed by atoms with Gasteiger partial charge in [-0.05, 0) is 39.3 Å². The fraction of sp³-hybridized carbons (Fsp3) is 1.00. The predicted molar refractivity (Wildman–Crippen MR) is 53.3 cm³/mol. The summed E-state index contributed by atoms with van der Waals surface area (Å²) in [6, 6.07) is 0.836. The lowest BCUT2D eigenvalue weighted by Gasteiger charge is -2.33. The van der Waals surface area contributed by atoms with Gasteiger partial charge in [-0.2, -0.15) is 0 Å². The minimum atomic E-state index is 0.836. The van der Waals surface area contributed by atoms with Crippen molar-refractivity contribution in [2.75, 3.05) is 18.4 Å². The minimum Gasteiger partial charge on any atom is -0.301 e. The summed E-state index contributed by atoms with van der Waals surface area (Å²) in [5.74, 6) is 0. The standard InChI is InChI=1S/C9H18BrN/c1-9-5-2-3-7-11(9)8-4-6-10/h9H,2-8H2,1H3. The van der Waals surface area contributed by atoms with Crippen molar-refractivity contribution >= 4 is 15.9 Å². The van der Waals surface area contributed by atoms with Crippen molar-refractivity contribution in [2.24, 2.45) is 0 Å². The average molecular weight is 220 g/mol. The Balaban J connectivity index is 2.18. The summed E-state index contributed by atoms with van der Waals surface area (Å²) < 4.78 is 0. The van der Waals surface area contributed by atoms with Gasteiger partial charge >= 0.3 is 0 Å². The first-order valence-electron chi connectivity index (χ1n) is 4.64. The molecule has 2 heteroatoms. The van der Waals surface area contributed by atoms with Gasteiger partial charge in [0.25, 0.3) is 0 Å². The van der Waals surface area contributed by atoms with Crippen molar-refractivity contribution in [3.05, 3.63) is 0 Å². The Morgan fingerprint density at radius 2 is 2.27 bits per heavy atom. The first-order chi connectivity index (χ1) is 5.34. The van der Waals surface area contributed by atoms with Crippen LogP contribution < -0.4 is 0 Å². The van der Waals surface area contributed by atoms with Crippen LogP contribution in [0.25, 0.3) is 0 Å². The molecule has 66 valence electrons. The van der Waals surface area contributed by atoms with Crippen LogP contribution in [-0.2, 0) is 0 Å². The average Bonchev–Trinajstić information content (AvgIpc) is 2.03. The highest BCUT2D eigenvalue weighted by Gasteiger charge is 2.16. The quantitative estimate of drug-likeness (QED) is 0.661. The van der Waals surface area contributed by atoms with Crippen LogP contribution in [0.4, 0.5) is 0 Å². The van der Waals surface area contributed by atoms with Crippen molar-refractivity contribution in [1.29, 1.82) is 0 Å². The van der Waals surface area contributed by atoms with Gasteiger partial charge in [-0.1, -0.05) is 22.4 Å². The number of piperidine rings is 1. The Kier molecular flexibility index (Phi) is 4.46. The molecule has 1 atom stereocenters. The second-order valence-corrected chi connectivity index (χ2v) is 4.22. The first-order valence-corrected chi connectivity index (χ1v) is 5.76. The number of alkyl halides is 1. The molecular weight excluding hydrogens is 202 g/mol. The zero-order valence-corrected chi connectivity index (χ0v) is 8.94. The molecule has 0 aromatic carbocycles. The lowest BCUT2D eigenvalue weighted by atomic mass is 10.0. The molecule has 1 fully saturated rings. The highest BCUT2D eigenvalue weighted by molar-refractivity contribution is 9.09. The van der Waals surface area contributed by atoms with E-state index in [1.54, 1.807) is 0 Å². The van der Waals surface area contributed by atoms with Crippen LogP contribution in [0, 0.1) is 0 Å². The van der Waals surface area contributed by atoms with Gasteiger partial charge in [0.1, 0.15) is 0 Å². The van der Waals surface area contributed by atoms with Crippen molar-refractivity contribution in [3.8, 4) is 0 Å². The predicted octanol–water partition coefficient (Wildman–Crippen LogP) is 2.65. The van der Waals surface area contributed by atoms with Gasteiger partial charge in [0.15, 0.2) is 0 Å². The maximum atomic E-state index is 3.47. The highest BCUT2D eigenvalue weighted by atomic mass is 79.9. The summed E-state index contributed by atoms with van der Waals surface area (Å²) in [5.41, 5.74) is 0. The van der Waals surface area contributed by atoms with Gasteiger partial charge in [-0.25, -0.2) is 0 Å². The van der Waals surface area contributed by atoms with Crippen molar-refractivity contribution in [2.45, 2.75) is 38.6 Å². The van der Waals surface area contributed by atoms with Crippen LogP contribution >= 0.6 is 15.9 Å². The van der Waals surface area contributed by atoms with Gasteiger partial charge in [0, 0.05) is 11.4 Å². The molecule has 1 aliphatic heterocycles. The van der Waals surface area contributed by atoms with E-state index in [4.69, 9.17) is 0 Å². The summed E-state index contributed by atoms with van der Waals surface area (Å²) in [6.07, 6.45) is 5.55. The smallest absolute Gasteiger partial charge is 0.00669 e. The van der Waals surface area contributed by atoms with E-state index < -0.39 is 0 Å². The summed E-state index contributed by atoms with van der Waals surface area (Å²) in [6.45, 7) is 4.97. The number of nitrogens with zero attached hydrogens (tertiary/aromatic N) is 1. The summed E-state index contributed by atoms with van der Waals surface area (Å²) in [5, 5.41) is 1.15. The zero-order valence-electron chi connectivity index (χ0n) is 7.35. The molecule has 1 rings (SSSR count). The molecule has 0 N–H and O–H groups in total. The van der Waals surface area contributed by atoms with E-state index in [2.05, 4.69) is 27.8 Å². The van der Waals surface area contributed by atoms with E-state index in [0.29, 0.717) is 0 Å². The third kappa shape index (κ3) is 3.12. The molecule has 1 saturated heterocycles. The van der Waals surface area contributed by atoms with E-state index in [9.17, 15) is 0 Å². The van der Waals surface area contributed by atoms with E-state index in [1.807, 2.05) is 0 Å². The minimum absolute atomic E-state index is 0.836. The Labute approximate surface area is 78.3 Å². The monoisotopic (exact) mass is 219 g/mol. The van der Waals surface area contributed by atoms with Crippen molar-refractivity contribution in [3.63, 3.8) is 0 Å². The molecule has 1 heterocycles. The third-order valence-electron chi connectivity index (χ3n) is 2.52. The fourth-order valence-electron chi connectivity index (χ4n) is 1.75. The van der Waals surface area contributed by atoms with Crippen molar-refractivity contribution < 1.29 is 0 Å². The Morgan fingerprint density at radius 3 is 2.91 bits per heavy atom. The van der Waals surface area contributed by atoms with Crippen LogP contribution in [0.1, 0.15) is 32.6 Å². The Hall–Kier alpha value is 0.440. The highest BCUT2D eigenvalue weighted by Crippen LogP contribution is 2.16. The van der Waals surface area contributed by atoms with Gasteiger partial charge in [0.2, 0.25) is 0 Å². The maximum Gasteiger partial charge on any atom is 0.00669 e. The molecule has 1 aliphatic rings. The van der Waals surface area contributed by atoms with Gasteiger partial charge in [-0.15, -0.1) is 0 Å². The van der Waals surface area contributed by atoms with E-state index >= 15 is 0 Å². The van der Waals surface area contributed by atoms with Crippen LogP contribution in [0.2, 0.25) is 0 Å². The third-order valence-corrected chi connectivity index (χ3v) is 3.08. The second kappa shape index (κ2) is 5.15.